The minimum absolute atomic E-state index is 0.0980. The molecule has 1 heterocycles. The highest BCUT2D eigenvalue weighted by atomic mass is 17.2. The molecule has 0 saturated carbocycles. The van der Waals surface area contributed by atoms with E-state index in [2.05, 4.69) is 0 Å². The number of carbonyl (C=O) groups excluding carboxylic acids is 2. The number of esters is 2. The van der Waals surface area contributed by atoms with Crippen LogP contribution in [0, 0.1) is 0 Å². The summed E-state index contributed by atoms with van der Waals surface area (Å²) in [5.41, 5.74) is 1.83. The van der Waals surface area contributed by atoms with E-state index in [1.54, 1.807) is 19.1 Å². The van der Waals surface area contributed by atoms with Crippen molar-refractivity contribution in [2.45, 2.75) is 26.7 Å². The number of hydrogen-bond acceptors (Lipinski definition) is 8. The second-order valence-electron chi connectivity index (χ2n) is 5.72. The Labute approximate surface area is 154 Å². The zero-order valence-corrected chi connectivity index (χ0v) is 14.6. The summed E-state index contributed by atoms with van der Waals surface area (Å²) < 4.78 is 9.86. The minimum Gasteiger partial charge on any atom is -0.462 e. The summed E-state index contributed by atoms with van der Waals surface area (Å²) in [5.74, 6) is -0.551. The third-order valence-electron chi connectivity index (χ3n) is 3.97. The molecule has 0 fully saturated rings. The summed E-state index contributed by atoms with van der Waals surface area (Å²) in [4.78, 5) is 34.0. The fourth-order valence-corrected chi connectivity index (χ4v) is 2.68. The molecule has 2 aromatic carbocycles. The largest absolute Gasteiger partial charge is 0.462 e. The Morgan fingerprint density at radius 1 is 1.11 bits per heavy atom. The number of aliphatic hydroxyl groups is 2. The molecule has 0 bridgehead atoms. The Morgan fingerprint density at radius 2 is 1.81 bits per heavy atom. The predicted molar refractivity (Wildman–Crippen MR) is 91.1 cm³/mol. The Kier molecular flexibility index (Phi) is 5.58. The van der Waals surface area contributed by atoms with E-state index in [9.17, 15) is 19.8 Å². The molecule has 0 unspecified atom stereocenters. The highest BCUT2D eigenvalue weighted by molar-refractivity contribution is 5.93. The van der Waals surface area contributed by atoms with Crippen molar-refractivity contribution < 1.29 is 39.1 Å². The second kappa shape index (κ2) is 8.07. The monoisotopic (exact) mass is 374 g/mol. The predicted octanol–water partition coefficient (Wildman–Crippen LogP) is 1.89. The van der Waals surface area contributed by atoms with Crippen molar-refractivity contribution in [1.82, 2.24) is 0 Å². The summed E-state index contributed by atoms with van der Waals surface area (Å²) in [5, 5.41) is 19.2. The number of fused-ring (bicyclic) bond motifs is 1. The molecule has 0 radical (unpaired) electrons. The van der Waals surface area contributed by atoms with Gasteiger partial charge >= 0.3 is 11.9 Å². The Bertz CT molecular complexity index is 849. The van der Waals surface area contributed by atoms with Gasteiger partial charge in [-0.3, -0.25) is 9.78 Å². The van der Waals surface area contributed by atoms with E-state index in [-0.39, 0.29) is 35.7 Å². The lowest BCUT2D eigenvalue weighted by Gasteiger charge is -2.14. The molecule has 0 aromatic heterocycles. The van der Waals surface area contributed by atoms with Gasteiger partial charge in [-0.25, -0.2) is 9.59 Å². The van der Waals surface area contributed by atoms with Crippen molar-refractivity contribution in [2.24, 2.45) is 0 Å². The van der Waals surface area contributed by atoms with Crippen LogP contribution in [0.5, 0.6) is 11.5 Å². The van der Waals surface area contributed by atoms with Gasteiger partial charge in [0.25, 0.3) is 0 Å². The smallest absolute Gasteiger partial charge is 0.338 e. The van der Waals surface area contributed by atoms with Gasteiger partial charge in [-0.1, -0.05) is 0 Å². The lowest BCUT2D eigenvalue weighted by molar-refractivity contribution is -0.103. The SMILES string of the molecule is CCOC(=O)c1cc(CO)c(OOc2ccc3c(c2)COC3=O)c(CO)c1. The van der Waals surface area contributed by atoms with Crippen LogP contribution < -0.4 is 9.78 Å². The molecule has 8 heteroatoms. The van der Waals surface area contributed by atoms with Gasteiger partial charge < -0.3 is 19.7 Å². The fraction of sp³-hybridized carbons (Fsp3) is 0.263. The molecule has 0 aliphatic carbocycles. The van der Waals surface area contributed by atoms with E-state index in [1.807, 2.05) is 0 Å². The van der Waals surface area contributed by atoms with Crippen LogP contribution in [0.15, 0.2) is 30.3 Å². The lowest BCUT2D eigenvalue weighted by atomic mass is 10.0. The van der Waals surface area contributed by atoms with Crippen molar-refractivity contribution in [3.63, 3.8) is 0 Å². The average molecular weight is 374 g/mol. The lowest BCUT2D eigenvalue weighted by Crippen LogP contribution is -2.11. The summed E-state index contributed by atoms with van der Waals surface area (Å²) in [6.45, 7) is 1.16. The molecule has 1 aliphatic rings. The molecule has 142 valence electrons. The molecule has 0 saturated heterocycles. The highest BCUT2D eigenvalue weighted by Crippen LogP contribution is 2.29. The third-order valence-corrected chi connectivity index (χ3v) is 3.97. The van der Waals surface area contributed by atoms with Gasteiger partial charge in [-0.05, 0) is 37.3 Å². The van der Waals surface area contributed by atoms with Crippen molar-refractivity contribution >= 4 is 11.9 Å². The van der Waals surface area contributed by atoms with Crippen LogP contribution in [-0.4, -0.2) is 28.8 Å². The molecule has 1 aliphatic heterocycles. The first-order chi connectivity index (χ1) is 13.1. The van der Waals surface area contributed by atoms with Crippen LogP contribution in [0.4, 0.5) is 0 Å². The van der Waals surface area contributed by atoms with E-state index in [0.717, 1.165) is 0 Å². The first-order valence-corrected chi connectivity index (χ1v) is 8.26. The van der Waals surface area contributed by atoms with Crippen LogP contribution in [0.2, 0.25) is 0 Å². The standard InChI is InChI=1S/C19H18O8/c1-2-24-18(22)11-5-12(8-20)17(13(6-11)9-21)27-26-15-3-4-16-14(7-15)10-25-19(16)23/h3-7,20-21H,2,8-10H2,1H3. The molecule has 2 N–H and O–H groups in total. The van der Waals surface area contributed by atoms with Gasteiger partial charge in [0.1, 0.15) is 6.61 Å². The number of ether oxygens (including phenoxy) is 2. The number of rotatable bonds is 7. The van der Waals surface area contributed by atoms with Crippen molar-refractivity contribution in [2.75, 3.05) is 6.61 Å². The summed E-state index contributed by atoms with van der Waals surface area (Å²) in [6.07, 6.45) is 0. The van der Waals surface area contributed by atoms with E-state index in [1.165, 1.54) is 18.2 Å². The Morgan fingerprint density at radius 3 is 2.44 bits per heavy atom. The number of cyclic esters (lactones) is 1. The van der Waals surface area contributed by atoms with E-state index >= 15 is 0 Å². The molecule has 0 atom stereocenters. The van der Waals surface area contributed by atoms with Crippen molar-refractivity contribution in [3.05, 3.63) is 58.1 Å². The van der Waals surface area contributed by atoms with E-state index in [0.29, 0.717) is 16.9 Å². The summed E-state index contributed by atoms with van der Waals surface area (Å²) >= 11 is 0. The normalized spacial score (nSPS) is 12.3. The number of benzene rings is 2. The topological polar surface area (TPSA) is 112 Å². The van der Waals surface area contributed by atoms with Crippen molar-refractivity contribution in [3.8, 4) is 11.5 Å². The zero-order chi connectivity index (χ0) is 19.4. The van der Waals surface area contributed by atoms with Gasteiger partial charge in [0.2, 0.25) is 0 Å². The summed E-state index contributed by atoms with van der Waals surface area (Å²) in [6, 6.07) is 7.52. The summed E-state index contributed by atoms with van der Waals surface area (Å²) in [7, 11) is 0. The average Bonchev–Trinajstić information content (AvgIpc) is 3.06. The number of carbonyl (C=O) groups is 2. The van der Waals surface area contributed by atoms with E-state index in [4.69, 9.17) is 19.2 Å². The maximum Gasteiger partial charge on any atom is 0.338 e. The maximum absolute atomic E-state index is 11.9. The number of aliphatic hydroxyl groups excluding tert-OH is 2. The Balaban J connectivity index is 1.83. The van der Waals surface area contributed by atoms with Gasteiger partial charge in [0.15, 0.2) is 11.5 Å². The fourth-order valence-electron chi connectivity index (χ4n) is 2.68. The van der Waals surface area contributed by atoms with Crippen molar-refractivity contribution in [1.29, 1.82) is 0 Å². The van der Waals surface area contributed by atoms with E-state index < -0.39 is 25.2 Å². The van der Waals surface area contributed by atoms with Gasteiger partial charge in [0.05, 0.1) is 30.9 Å². The minimum atomic E-state index is -0.572. The number of hydrogen-bond donors (Lipinski definition) is 2. The van der Waals surface area contributed by atoms with Gasteiger partial charge in [0, 0.05) is 16.7 Å². The molecule has 27 heavy (non-hydrogen) atoms. The van der Waals surface area contributed by atoms with Gasteiger partial charge in [-0.2, -0.15) is 0 Å². The third kappa shape index (κ3) is 3.86. The highest BCUT2D eigenvalue weighted by Gasteiger charge is 2.22. The first-order valence-electron chi connectivity index (χ1n) is 8.26. The van der Waals surface area contributed by atoms with Crippen LogP contribution in [0.25, 0.3) is 0 Å². The first kappa shape index (κ1) is 18.7. The molecular weight excluding hydrogens is 356 g/mol. The molecule has 0 amide bonds. The quantitative estimate of drug-likeness (QED) is 0.429. The molecule has 2 aromatic rings. The molecule has 8 nitrogen and oxygen atoms in total. The van der Waals surface area contributed by atoms with Crippen LogP contribution in [0.1, 0.15) is 44.3 Å². The van der Waals surface area contributed by atoms with Crippen LogP contribution in [0.3, 0.4) is 0 Å². The van der Waals surface area contributed by atoms with Crippen LogP contribution >= 0.6 is 0 Å². The maximum atomic E-state index is 11.9. The molecule has 3 rings (SSSR count). The molecular formula is C19H18O8. The second-order valence-corrected chi connectivity index (χ2v) is 5.72. The van der Waals surface area contributed by atoms with Crippen LogP contribution in [-0.2, 0) is 29.3 Å². The Hall–Kier alpha value is -3.10. The molecule has 0 spiro atoms. The zero-order valence-electron chi connectivity index (χ0n) is 14.6. The van der Waals surface area contributed by atoms with Gasteiger partial charge in [-0.15, -0.1) is 0 Å².